The molecule has 0 radical (unpaired) electrons. The van der Waals surface area contributed by atoms with Crippen LogP contribution in [0.25, 0.3) is 10.9 Å². The quantitative estimate of drug-likeness (QED) is 0.598. The lowest BCUT2D eigenvalue weighted by Crippen LogP contribution is -2.41. The van der Waals surface area contributed by atoms with Gasteiger partial charge in [0.15, 0.2) is 6.73 Å². The van der Waals surface area contributed by atoms with Gasteiger partial charge in [0.05, 0.1) is 22.9 Å². The Bertz CT molecular complexity index is 934. The van der Waals surface area contributed by atoms with Gasteiger partial charge in [0.2, 0.25) is 0 Å². The molecule has 1 aromatic carbocycles. The fourth-order valence-electron chi connectivity index (χ4n) is 4.08. The molecule has 2 fully saturated rings. The van der Waals surface area contributed by atoms with E-state index in [1.807, 2.05) is 6.20 Å². The highest BCUT2D eigenvalue weighted by Crippen LogP contribution is 2.49. The summed E-state index contributed by atoms with van der Waals surface area (Å²) in [5.74, 6) is 0.860. The number of benzene rings is 1. The summed E-state index contributed by atoms with van der Waals surface area (Å²) >= 11 is 0. The van der Waals surface area contributed by atoms with Crippen LogP contribution in [0, 0.1) is 12.8 Å². The van der Waals surface area contributed by atoms with Gasteiger partial charge in [-0.25, -0.2) is 4.68 Å². The van der Waals surface area contributed by atoms with Crippen molar-refractivity contribution in [2.45, 2.75) is 78.7 Å². The molecule has 0 spiro atoms. The Morgan fingerprint density at radius 1 is 1.32 bits per heavy atom. The van der Waals surface area contributed by atoms with E-state index < -0.39 is 18.3 Å². The molecule has 2 heterocycles. The predicted octanol–water partition coefficient (Wildman–Crippen LogP) is 3.29. The van der Waals surface area contributed by atoms with Crippen molar-refractivity contribution in [2.75, 3.05) is 0 Å². The first-order valence-corrected chi connectivity index (χ1v) is 10.00. The molecule has 2 aromatic rings. The molecule has 2 atom stereocenters. The summed E-state index contributed by atoms with van der Waals surface area (Å²) in [5, 5.41) is 5.49. The summed E-state index contributed by atoms with van der Waals surface area (Å²) in [7, 11) is -0.443. The van der Waals surface area contributed by atoms with Crippen LogP contribution in [0.3, 0.4) is 0 Å². The van der Waals surface area contributed by atoms with Crippen molar-refractivity contribution in [2.24, 2.45) is 5.92 Å². The van der Waals surface area contributed by atoms with E-state index in [2.05, 4.69) is 52.7 Å². The standard InChI is InChI=1S/C21H29BN2O4/c1-12-8-15(12)18-13(2)9-17-16(10-23-24(17)11-26-14(3)25)19(18)22-27-20(4,5)21(6,7)28-22/h9-10,12,15H,8,11H2,1-7H3/t12-,15+/m1/s1. The van der Waals surface area contributed by atoms with Crippen LogP contribution in [-0.4, -0.2) is 34.1 Å². The summed E-state index contributed by atoms with van der Waals surface area (Å²) < 4.78 is 19.8. The molecule has 1 aliphatic heterocycles. The van der Waals surface area contributed by atoms with E-state index in [1.165, 1.54) is 24.5 Å². The number of carbonyl (C=O) groups excluding carboxylic acids is 1. The van der Waals surface area contributed by atoms with E-state index in [0.29, 0.717) is 11.8 Å². The van der Waals surface area contributed by atoms with E-state index in [0.717, 1.165) is 16.4 Å². The average molecular weight is 384 g/mol. The van der Waals surface area contributed by atoms with E-state index in [-0.39, 0.29) is 12.7 Å². The zero-order chi connectivity index (χ0) is 20.4. The highest BCUT2D eigenvalue weighted by molar-refractivity contribution is 6.65. The number of nitrogens with zero attached hydrogens (tertiary/aromatic N) is 2. The molecule has 1 aliphatic carbocycles. The van der Waals surface area contributed by atoms with Crippen molar-refractivity contribution in [3.8, 4) is 0 Å². The summed E-state index contributed by atoms with van der Waals surface area (Å²) in [5.41, 5.74) is 3.72. The largest absolute Gasteiger partial charge is 0.495 e. The summed E-state index contributed by atoms with van der Waals surface area (Å²) in [6.07, 6.45) is 3.02. The summed E-state index contributed by atoms with van der Waals surface area (Å²) in [6, 6.07) is 2.14. The molecule has 1 saturated heterocycles. The smallest absolute Gasteiger partial charge is 0.443 e. The number of ether oxygens (including phenoxy) is 1. The van der Waals surface area contributed by atoms with Crippen LogP contribution in [0.5, 0.6) is 0 Å². The number of esters is 1. The van der Waals surface area contributed by atoms with Crippen LogP contribution >= 0.6 is 0 Å². The molecule has 0 unspecified atom stereocenters. The molecule has 6 nitrogen and oxygen atoms in total. The second kappa shape index (κ2) is 6.32. The van der Waals surface area contributed by atoms with Gasteiger partial charge in [-0.2, -0.15) is 5.10 Å². The van der Waals surface area contributed by atoms with Crippen molar-refractivity contribution in [3.05, 3.63) is 23.4 Å². The Labute approximate surface area is 166 Å². The zero-order valence-corrected chi connectivity index (χ0v) is 17.8. The highest BCUT2D eigenvalue weighted by Gasteiger charge is 2.54. The first-order chi connectivity index (χ1) is 13.0. The van der Waals surface area contributed by atoms with Crippen LogP contribution in [-0.2, 0) is 25.6 Å². The summed E-state index contributed by atoms with van der Waals surface area (Å²) in [6.45, 7) is 14.2. The molecule has 1 saturated carbocycles. The number of rotatable bonds is 4. The molecule has 0 amide bonds. The molecular formula is C21H29BN2O4. The van der Waals surface area contributed by atoms with Gasteiger partial charge >= 0.3 is 13.1 Å². The van der Waals surface area contributed by atoms with Crippen LogP contribution in [0.1, 0.15) is 65.0 Å². The molecule has 2 aliphatic rings. The molecule has 7 heteroatoms. The second-order valence-electron chi connectivity index (χ2n) is 9.27. The maximum Gasteiger partial charge on any atom is 0.495 e. The Morgan fingerprint density at radius 2 is 1.93 bits per heavy atom. The molecule has 150 valence electrons. The monoisotopic (exact) mass is 384 g/mol. The molecule has 0 N–H and O–H groups in total. The van der Waals surface area contributed by atoms with E-state index in [9.17, 15) is 4.79 Å². The lowest BCUT2D eigenvalue weighted by Gasteiger charge is -2.32. The Morgan fingerprint density at radius 3 is 2.46 bits per heavy atom. The van der Waals surface area contributed by atoms with Crippen molar-refractivity contribution >= 4 is 29.5 Å². The zero-order valence-electron chi connectivity index (χ0n) is 17.8. The van der Waals surface area contributed by atoms with E-state index >= 15 is 0 Å². The number of aromatic nitrogens is 2. The molecule has 4 rings (SSSR count). The number of hydrogen-bond donors (Lipinski definition) is 0. The van der Waals surface area contributed by atoms with Gasteiger partial charge in [0.25, 0.3) is 0 Å². The van der Waals surface area contributed by atoms with Crippen LogP contribution in [0.15, 0.2) is 12.3 Å². The third-order valence-corrected chi connectivity index (χ3v) is 6.60. The first-order valence-electron chi connectivity index (χ1n) is 10.00. The highest BCUT2D eigenvalue weighted by atomic mass is 16.7. The van der Waals surface area contributed by atoms with Gasteiger partial charge in [-0.05, 0) is 75.5 Å². The van der Waals surface area contributed by atoms with Crippen molar-refractivity contribution in [1.29, 1.82) is 0 Å². The maximum absolute atomic E-state index is 11.2. The molecule has 28 heavy (non-hydrogen) atoms. The van der Waals surface area contributed by atoms with Crippen LogP contribution < -0.4 is 5.46 Å². The first kappa shape index (κ1) is 19.5. The van der Waals surface area contributed by atoms with Gasteiger partial charge in [-0.3, -0.25) is 4.79 Å². The lowest BCUT2D eigenvalue weighted by atomic mass is 9.71. The SMILES string of the molecule is CC(=O)OCn1ncc2c(B3OC(C)(C)C(C)(C)O3)c([C@H]3C[C@H]3C)c(C)cc21. The maximum atomic E-state index is 11.2. The van der Waals surface area contributed by atoms with Crippen LogP contribution in [0.2, 0.25) is 0 Å². The van der Waals surface area contributed by atoms with Gasteiger partial charge in [0.1, 0.15) is 0 Å². The van der Waals surface area contributed by atoms with Gasteiger partial charge in [-0.15, -0.1) is 0 Å². The lowest BCUT2D eigenvalue weighted by molar-refractivity contribution is -0.144. The third kappa shape index (κ3) is 3.05. The molecule has 1 aromatic heterocycles. The van der Waals surface area contributed by atoms with Crippen molar-refractivity contribution in [3.63, 3.8) is 0 Å². The Balaban J connectivity index is 1.86. The number of hydrogen-bond acceptors (Lipinski definition) is 5. The minimum absolute atomic E-state index is 0.0975. The molecule has 0 bridgehead atoms. The Hall–Kier alpha value is -1.86. The topological polar surface area (TPSA) is 62.6 Å². The van der Waals surface area contributed by atoms with E-state index in [1.54, 1.807) is 4.68 Å². The fraction of sp³-hybridized carbons (Fsp3) is 0.619. The van der Waals surface area contributed by atoms with Gasteiger partial charge in [0, 0.05) is 12.3 Å². The third-order valence-electron chi connectivity index (χ3n) is 6.60. The van der Waals surface area contributed by atoms with Gasteiger partial charge in [-0.1, -0.05) is 6.92 Å². The minimum Gasteiger partial charge on any atom is -0.443 e. The number of carbonyl (C=O) groups is 1. The van der Waals surface area contributed by atoms with Gasteiger partial charge < -0.3 is 14.0 Å². The molecular weight excluding hydrogens is 355 g/mol. The van der Waals surface area contributed by atoms with Crippen molar-refractivity contribution in [1.82, 2.24) is 9.78 Å². The Kier molecular flexibility index (Phi) is 4.40. The van der Waals surface area contributed by atoms with E-state index in [4.69, 9.17) is 14.0 Å². The minimum atomic E-state index is -0.443. The summed E-state index contributed by atoms with van der Waals surface area (Å²) in [4.78, 5) is 11.2. The predicted molar refractivity (Wildman–Crippen MR) is 108 cm³/mol. The number of aryl methyl sites for hydroxylation is 1. The van der Waals surface area contributed by atoms with Crippen molar-refractivity contribution < 1.29 is 18.8 Å². The normalized spacial score (nSPS) is 25.3. The second-order valence-corrected chi connectivity index (χ2v) is 9.27. The van der Waals surface area contributed by atoms with Crippen LogP contribution in [0.4, 0.5) is 0 Å². The average Bonchev–Trinajstić information content (AvgIpc) is 3.07. The number of fused-ring (bicyclic) bond motifs is 1. The fourth-order valence-corrected chi connectivity index (χ4v) is 4.08.